The van der Waals surface area contributed by atoms with Crippen molar-refractivity contribution in [3.8, 4) is 28.7 Å². The second kappa shape index (κ2) is 12.0. The van der Waals surface area contributed by atoms with E-state index in [2.05, 4.69) is 4.99 Å². The third-order valence-electron chi connectivity index (χ3n) is 5.38. The second-order valence-corrected chi connectivity index (χ2v) is 8.05. The third-order valence-corrected chi connectivity index (χ3v) is 5.38. The van der Waals surface area contributed by atoms with E-state index in [1.165, 1.54) is 33.3 Å². The molecule has 0 amide bonds. The Bertz CT molecular complexity index is 1470. The number of ether oxygens (including phenoxy) is 6. The Kier molecular flexibility index (Phi) is 8.25. The van der Waals surface area contributed by atoms with E-state index in [1.807, 2.05) is 0 Å². The van der Waals surface area contributed by atoms with Crippen LogP contribution in [0.15, 0.2) is 71.4 Å². The zero-order chi connectivity index (χ0) is 27.9. The highest BCUT2D eigenvalue weighted by atomic mass is 16.6. The fraction of sp³-hybridized carbons (Fsp3) is 0.172. The Morgan fingerprint density at radius 2 is 1.59 bits per heavy atom. The summed E-state index contributed by atoms with van der Waals surface area (Å²) in [5.74, 6) is 0.0133. The van der Waals surface area contributed by atoms with Crippen LogP contribution in [0.3, 0.4) is 0 Å². The monoisotopic (exact) mass is 531 g/mol. The van der Waals surface area contributed by atoms with Gasteiger partial charge in [-0.2, -0.15) is 0 Å². The quantitative estimate of drug-likeness (QED) is 0.222. The highest BCUT2D eigenvalue weighted by Gasteiger charge is 2.25. The number of hydrogen-bond acceptors (Lipinski definition) is 10. The van der Waals surface area contributed by atoms with Gasteiger partial charge < -0.3 is 28.4 Å². The lowest BCUT2D eigenvalue weighted by atomic mass is 10.1. The summed E-state index contributed by atoms with van der Waals surface area (Å²) in [5.41, 5.74) is 1.42. The fourth-order valence-corrected chi connectivity index (χ4v) is 3.58. The van der Waals surface area contributed by atoms with Gasteiger partial charge in [-0.1, -0.05) is 6.07 Å². The molecule has 1 heterocycles. The maximum Gasteiger partial charge on any atom is 0.363 e. The van der Waals surface area contributed by atoms with Gasteiger partial charge in [0.05, 0.1) is 26.4 Å². The second-order valence-electron chi connectivity index (χ2n) is 8.05. The van der Waals surface area contributed by atoms with Gasteiger partial charge in [-0.05, 0) is 73.2 Å². The molecule has 1 aliphatic heterocycles. The van der Waals surface area contributed by atoms with Crippen LogP contribution in [0.25, 0.3) is 6.08 Å². The molecule has 200 valence electrons. The Hall–Kier alpha value is -5.12. The minimum atomic E-state index is -0.652. The molecule has 10 heteroatoms. The number of carbonyl (C=O) groups excluding carboxylic acids is 3. The highest BCUT2D eigenvalue weighted by Crippen LogP contribution is 2.32. The number of aliphatic imine (C=N–C) groups is 1. The smallest absolute Gasteiger partial charge is 0.363 e. The fourth-order valence-electron chi connectivity index (χ4n) is 3.58. The number of benzene rings is 3. The number of carbonyl (C=O) groups is 3. The number of methoxy groups -OCH3 is 2. The summed E-state index contributed by atoms with van der Waals surface area (Å²) in [6.45, 7) is 3.40. The van der Waals surface area contributed by atoms with Gasteiger partial charge in [0.2, 0.25) is 5.90 Å². The van der Waals surface area contributed by atoms with Gasteiger partial charge in [0, 0.05) is 12.5 Å². The third kappa shape index (κ3) is 6.42. The Morgan fingerprint density at radius 1 is 0.872 bits per heavy atom. The molecule has 10 nitrogen and oxygen atoms in total. The molecule has 39 heavy (non-hydrogen) atoms. The normalized spacial score (nSPS) is 13.4. The summed E-state index contributed by atoms with van der Waals surface area (Å²) in [6, 6.07) is 16.0. The molecule has 4 rings (SSSR count). The Balaban J connectivity index is 1.57. The van der Waals surface area contributed by atoms with Gasteiger partial charge in [0.25, 0.3) is 0 Å². The summed E-state index contributed by atoms with van der Waals surface area (Å²) in [5, 5.41) is 0. The molecule has 0 saturated carbocycles. The van der Waals surface area contributed by atoms with E-state index in [9.17, 15) is 14.4 Å². The molecule has 0 fully saturated rings. The first-order chi connectivity index (χ1) is 18.8. The van der Waals surface area contributed by atoms with Crippen LogP contribution in [-0.2, 0) is 14.3 Å². The standard InChI is InChI=1S/C29H25NO9/c1-5-36-26-15-18(6-12-24(26)38-28(32)19-7-10-21(34-3)11-8-19)14-22-29(33)39-27(30-22)20-9-13-23(37-17(2)31)25(16-20)35-4/h6-16H,5H2,1-4H3/b22-14-. The van der Waals surface area contributed by atoms with E-state index < -0.39 is 17.9 Å². The molecule has 1 aliphatic rings. The highest BCUT2D eigenvalue weighted by molar-refractivity contribution is 6.13. The number of cyclic esters (lactones) is 1. The zero-order valence-electron chi connectivity index (χ0n) is 21.7. The molecule has 0 saturated heterocycles. The summed E-state index contributed by atoms with van der Waals surface area (Å²) in [6.07, 6.45) is 1.53. The average molecular weight is 532 g/mol. The van der Waals surface area contributed by atoms with Crippen LogP contribution in [0.2, 0.25) is 0 Å². The lowest BCUT2D eigenvalue weighted by molar-refractivity contribution is -0.132. The van der Waals surface area contributed by atoms with Crippen LogP contribution in [0.1, 0.15) is 35.3 Å². The largest absolute Gasteiger partial charge is 0.497 e. The van der Waals surface area contributed by atoms with Crippen molar-refractivity contribution in [3.05, 3.63) is 83.1 Å². The summed E-state index contributed by atoms with van der Waals surface area (Å²) in [4.78, 5) is 40.8. The molecule has 0 aromatic heterocycles. The maximum atomic E-state index is 12.6. The van der Waals surface area contributed by atoms with Crippen LogP contribution in [0, 0.1) is 0 Å². The molecular formula is C29H25NO9. The summed E-state index contributed by atoms with van der Waals surface area (Å²) < 4.78 is 32.0. The number of esters is 3. The molecule has 0 unspecified atom stereocenters. The van der Waals surface area contributed by atoms with Crippen molar-refractivity contribution >= 4 is 29.9 Å². The molecule has 3 aromatic rings. The van der Waals surface area contributed by atoms with Crippen LogP contribution in [0.4, 0.5) is 0 Å². The minimum Gasteiger partial charge on any atom is -0.497 e. The molecule has 0 bridgehead atoms. The van der Waals surface area contributed by atoms with Crippen molar-refractivity contribution < 1.29 is 42.8 Å². The number of hydrogen-bond donors (Lipinski definition) is 0. The van der Waals surface area contributed by atoms with Gasteiger partial charge in [0.1, 0.15) is 5.75 Å². The number of rotatable bonds is 9. The van der Waals surface area contributed by atoms with Crippen LogP contribution >= 0.6 is 0 Å². The van der Waals surface area contributed by atoms with E-state index in [4.69, 9.17) is 28.4 Å². The molecule has 0 radical (unpaired) electrons. The van der Waals surface area contributed by atoms with E-state index in [0.29, 0.717) is 34.8 Å². The first-order valence-electron chi connectivity index (χ1n) is 11.8. The topological polar surface area (TPSA) is 119 Å². The van der Waals surface area contributed by atoms with Crippen molar-refractivity contribution in [2.45, 2.75) is 13.8 Å². The van der Waals surface area contributed by atoms with E-state index >= 15 is 0 Å². The van der Waals surface area contributed by atoms with Crippen molar-refractivity contribution in [2.75, 3.05) is 20.8 Å². The van der Waals surface area contributed by atoms with Gasteiger partial charge in [-0.3, -0.25) is 4.79 Å². The van der Waals surface area contributed by atoms with Gasteiger partial charge in [-0.15, -0.1) is 0 Å². The average Bonchev–Trinajstić information content (AvgIpc) is 3.29. The van der Waals surface area contributed by atoms with Gasteiger partial charge in [0.15, 0.2) is 28.7 Å². The molecule has 0 spiro atoms. The van der Waals surface area contributed by atoms with Crippen molar-refractivity contribution in [3.63, 3.8) is 0 Å². The van der Waals surface area contributed by atoms with Gasteiger partial charge in [-0.25, -0.2) is 14.6 Å². The zero-order valence-corrected chi connectivity index (χ0v) is 21.7. The molecule has 3 aromatic carbocycles. The predicted molar refractivity (Wildman–Crippen MR) is 140 cm³/mol. The summed E-state index contributed by atoms with van der Waals surface area (Å²) in [7, 11) is 2.96. The lowest BCUT2D eigenvalue weighted by Gasteiger charge is -2.11. The van der Waals surface area contributed by atoms with Crippen LogP contribution < -0.4 is 23.7 Å². The Morgan fingerprint density at radius 3 is 2.26 bits per heavy atom. The Labute approximate surface area is 224 Å². The minimum absolute atomic E-state index is 0.0541. The first-order valence-corrected chi connectivity index (χ1v) is 11.8. The number of nitrogens with zero attached hydrogens (tertiary/aromatic N) is 1. The SMILES string of the molecule is CCOc1cc(/C=C2\N=C(c3ccc(OC(C)=O)c(OC)c3)OC2=O)ccc1OC(=O)c1ccc(OC)cc1. The molecule has 0 aliphatic carbocycles. The van der Waals surface area contributed by atoms with Crippen molar-refractivity contribution in [2.24, 2.45) is 4.99 Å². The van der Waals surface area contributed by atoms with Crippen LogP contribution in [-0.4, -0.2) is 44.6 Å². The van der Waals surface area contributed by atoms with Crippen LogP contribution in [0.5, 0.6) is 28.7 Å². The van der Waals surface area contributed by atoms with Crippen molar-refractivity contribution in [1.29, 1.82) is 0 Å². The maximum absolute atomic E-state index is 12.6. The van der Waals surface area contributed by atoms with Gasteiger partial charge >= 0.3 is 17.9 Å². The van der Waals surface area contributed by atoms with E-state index in [1.54, 1.807) is 61.5 Å². The predicted octanol–water partition coefficient (Wildman–Crippen LogP) is 4.59. The molecule has 0 atom stereocenters. The first kappa shape index (κ1) is 26.9. The summed E-state index contributed by atoms with van der Waals surface area (Å²) >= 11 is 0. The molecular weight excluding hydrogens is 506 g/mol. The van der Waals surface area contributed by atoms with E-state index in [-0.39, 0.29) is 28.8 Å². The molecule has 0 N–H and O–H groups in total. The van der Waals surface area contributed by atoms with Crippen molar-refractivity contribution in [1.82, 2.24) is 0 Å². The van der Waals surface area contributed by atoms with E-state index in [0.717, 1.165) is 0 Å². The lowest BCUT2D eigenvalue weighted by Crippen LogP contribution is -2.09.